The Morgan fingerprint density at radius 2 is 1.68 bits per heavy atom. The molecule has 0 bridgehead atoms. The zero-order chi connectivity index (χ0) is 19.8. The Balaban J connectivity index is 1.84. The van der Waals surface area contributed by atoms with Gasteiger partial charge in [-0.3, -0.25) is 9.59 Å². The van der Waals surface area contributed by atoms with Crippen LogP contribution < -0.4 is 11.5 Å². The highest BCUT2D eigenvalue weighted by Crippen LogP contribution is 2.36. The molecule has 4 N–H and O–H groups in total. The molecule has 0 atom stereocenters. The van der Waals surface area contributed by atoms with Crippen molar-refractivity contribution < 1.29 is 9.59 Å². The van der Waals surface area contributed by atoms with E-state index in [2.05, 4.69) is 21.7 Å². The van der Waals surface area contributed by atoms with E-state index in [9.17, 15) is 9.59 Å². The summed E-state index contributed by atoms with van der Waals surface area (Å²) in [6.07, 6.45) is 1.75. The fourth-order valence-corrected chi connectivity index (χ4v) is 4.15. The van der Waals surface area contributed by atoms with Gasteiger partial charge in [-0.25, -0.2) is 0 Å². The molecule has 3 aromatic rings. The van der Waals surface area contributed by atoms with Crippen LogP contribution in [0.15, 0.2) is 47.5 Å². The number of rotatable bonds is 2. The molecule has 0 radical (unpaired) electrons. The van der Waals surface area contributed by atoms with E-state index >= 15 is 0 Å². The maximum atomic E-state index is 12.3. The smallest absolute Gasteiger partial charge is 0.280 e. The molecule has 2 amide bonds. The SMILES string of the molecule is CC(=O)N1CCC(n2c3ccccc3c3ccc(C(=O)N=C(N)N)cc32)CC1. The highest BCUT2D eigenvalue weighted by atomic mass is 16.2. The highest BCUT2D eigenvalue weighted by molar-refractivity contribution is 6.11. The van der Waals surface area contributed by atoms with Crippen LogP contribution in [0.1, 0.15) is 36.2 Å². The standard InChI is InChI=1S/C21H23N5O2/c1-13(27)25-10-8-15(9-11-25)26-18-5-3-2-4-16(18)17-7-6-14(12-19(17)26)20(28)24-21(22)23/h2-7,12,15H,8-11H2,1H3,(H4,22,23,24,28). The first-order chi connectivity index (χ1) is 13.5. The Morgan fingerprint density at radius 1 is 1.00 bits per heavy atom. The number of carbonyl (C=O) groups excluding carboxylic acids is 2. The second-order valence-electron chi connectivity index (χ2n) is 7.20. The molecule has 1 aromatic heterocycles. The van der Waals surface area contributed by atoms with Crippen molar-refractivity contribution >= 4 is 39.6 Å². The number of nitrogens with zero attached hydrogens (tertiary/aromatic N) is 3. The number of nitrogens with two attached hydrogens (primary N) is 2. The lowest BCUT2D eigenvalue weighted by Crippen LogP contribution is -2.37. The predicted octanol–water partition coefficient (Wildman–Crippen LogP) is 2.39. The van der Waals surface area contributed by atoms with Crippen molar-refractivity contribution in [2.75, 3.05) is 13.1 Å². The monoisotopic (exact) mass is 377 g/mol. The average Bonchev–Trinajstić information content (AvgIpc) is 3.01. The minimum absolute atomic E-state index is 0.116. The molecular weight excluding hydrogens is 354 g/mol. The number of benzene rings is 2. The maximum Gasteiger partial charge on any atom is 0.280 e. The number of piperidine rings is 1. The Kier molecular flexibility index (Phi) is 4.50. The Morgan fingerprint density at radius 3 is 2.36 bits per heavy atom. The molecule has 0 saturated carbocycles. The maximum absolute atomic E-state index is 12.3. The van der Waals surface area contributed by atoms with E-state index in [0.29, 0.717) is 5.56 Å². The third-order valence-electron chi connectivity index (χ3n) is 5.46. The lowest BCUT2D eigenvalue weighted by molar-refractivity contribution is -0.130. The summed E-state index contributed by atoms with van der Waals surface area (Å²) in [4.78, 5) is 29.5. The number of fused-ring (bicyclic) bond motifs is 3. The number of likely N-dealkylation sites (tertiary alicyclic amines) is 1. The quantitative estimate of drug-likeness (QED) is 0.528. The van der Waals surface area contributed by atoms with Gasteiger partial charge in [-0.15, -0.1) is 0 Å². The van der Waals surface area contributed by atoms with Crippen LogP contribution in [-0.2, 0) is 4.79 Å². The molecule has 1 aliphatic heterocycles. The molecule has 1 saturated heterocycles. The largest absolute Gasteiger partial charge is 0.370 e. The number of guanidine groups is 1. The molecule has 2 heterocycles. The first-order valence-electron chi connectivity index (χ1n) is 9.38. The molecule has 2 aromatic carbocycles. The van der Waals surface area contributed by atoms with E-state index in [0.717, 1.165) is 47.7 Å². The van der Waals surface area contributed by atoms with Gasteiger partial charge in [-0.1, -0.05) is 24.3 Å². The predicted molar refractivity (Wildman–Crippen MR) is 110 cm³/mol. The lowest BCUT2D eigenvalue weighted by atomic mass is 10.0. The van der Waals surface area contributed by atoms with Gasteiger partial charge in [0.15, 0.2) is 5.96 Å². The number of hydrogen-bond donors (Lipinski definition) is 2. The van der Waals surface area contributed by atoms with E-state index < -0.39 is 5.91 Å². The van der Waals surface area contributed by atoms with Crippen LogP contribution >= 0.6 is 0 Å². The molecule has 0 unspecified atom stereocenters. The van der Waals surface area contributed by atoms with Crippen LogP contribution in [0.5, 0.6) is 0 Å². The van der Waals surface area contributed by atoms with E-state index in [1.54, 1.807) is 13.0 Å². The normalized spacial score (nSPS) is 15.1. The van der Waals surface area contributed by atoms with Crippen LogP contribution in [0.25, 0.3) is 21.8 Å². The Labute approximate surface area is 162 Å². The van der Waals surface area contributed by atoms with Crippen molar-refractivity contribution in [2.45, 2.75) is 25.8 Å². The third kappa shape index (κ3) is 3.09. The van der Waals surface area contributed by atoms with Crippen LogP contribution in [-0.4, -0.2) is 40.3 Å². The summed E-state index contributed by atoms with van der Waals surface area (Å²) in [7, 11) is 0. The van der Waals surface area contributed by atoms with Crippen LogP contribution in [0.3, 0.4) is 0 Å². The summed E-state index contributed by atoms with van der Waals surface area (Å²) >= 11 is 0. The zero-order valence-corrected chi connectivity index (χ0v) is 15.8. The Bertz CT molecular complexity index is 1100. The van der Waals surface area contributed by atoms with Crippen LogP contribution in [0.2, 0.25) is 0 Å². The molecule has 0 aliphatic carbocycles. The first kappa shape index (κ1) is 18.0. The van der Waals surface area contributed by atoms with Gasteiger partial charge in [0.05, 0.1) is 5.52 Å². The van der Waals surface area contributed by atoms with Gasteiger partial charge in [-0.05, 0) is 31.0 Å². The molecule has 4 rings (SSSR count). The fraction of sp³-hybridized carbons (Fsp3) is 0.286. The summed E-state index contributed by atoms with van der Waals surface area (Å²) in [6.45, 7) is 3.09. The number of aliphatic imine (C=N–C) groups is 1. The summed E-state index contributed by atoms with van der Waals surface area (Å²) < 4.78 is 2.30. The molecule has 0 spiro atoms. The van der Waals surface area contributed by atoms with Gasteiger partial charge in [-0.2, -0.15) is 4.99 Å². The van der Waals surface area contributed by atoms with Gasteiger partial charge in [0, 0.05) is 47.9 Å². The minimum atomic E-state index is -0.454. The summed E-state index contributed by atoms with van der Waals surface area (Å²) in [6, 6.07) is 14.1. The Hall–Kier alpha value is -3.35. The summed E-state index contributed by atoms with van der Waals surface area (Å²) in [5.41, 5.74) is 13.3. The molecule has 144 valence electrons. The van der Waals surface area contributed by atoms with E-state index in [1.807, 2.05) is 29.2 Å². The number of carbonyl (C=O) groups is 2. The first-order valence-corrected chi connectivity index (χ1v) is 9.38. The molecule has 1 fully saturated rings. The van der Waals surface area contributed by atoms with E-state index in [4.69, 9.17) is 11.5 Å². The molecule has 7 heteroatoms. The van der Waals surface area contributed by atoms with Crippen molar-refractivity contribution in [2.24, 2.45) is 16.5 Å². The van der Waals surface area contributed by atoms with Crippen molar-refractivity contribution in [3.05, 3.63) is 48.0 Å². The van der Waals surface area contributed by atoms with Crippen LogP contribution in [0.4, 0.5) is 0 Å². The molecule has 28 heavy (non-hydrogen) atoms. The number of para-hydroxylation sites is 1. The topological polar surface area (TPSA) is 107 Å². The van der Waals surface area contributed by atoms with Gasteiger partial charge < -0.3 is 20.9 Å². The highest BCUT2D eigenvalue weighted by Gasteiger charge is 2.25. The second-order valence-corrected chi connectivity index (χ2v) is 7.20. The number of hydrogen-bond acceptors (Lipinski definition) is 2. The average molecular weight is 377 g/mol. The minimum Gasteiger partial charge on any atom is -0.370 e. The van der Waals surface area contributed by atoms with E-state index in [1.165, 1.54) is 0 Å². The lowest BCUT2D eigenvalue weighted by Gasteiger charge is -2.33. The number of aromatic nitrogens is 1. The van der Waals surface area contributed by atoms with Gasteiger partial charge in [0.1, 0.15) is 0 Å². The number of amides is 2. The fourth-order valence-electron chi connectivity index (χ4n) is 4.15. The summed E-state index contributed by atoms with van der Waals surface area (Å²) in [5.74, 6) is -0.585. The van der Waals surface area contributed by atoms with Crippen molar-refractivity contribution in [1.82, 2.24) is 9.47 Å². The van der Waals surface area contributed by atoms with Gasteiger partial charge in [0.25, 0.3) is 5.91 Å². The third-order valence-corrected chi connectivity index (χ3v) is 5.46. The second kappa shape index (κ2) is 6.99. The zero-order valence-electron chi connectivity index (χ0n) is 15.8. The van der Waals surface area contributed by atoms with Gasteiger partial charge >= 0.3 is 0 Å². The summed E-state index contributed by atoms with van der Waals surface area (Å²) in [5, 5.41) is 2.23. The van der Waals surface area contributed by atoms with Crippen molar-refractivity contribution in [1.29, 1.82) is 0 Å². The van der Waals surface area contributed by atoms with Crippen molar-refractivity contribution in [3.63, 3.8) is 0 Å². The molecule has 1 aliphatic rings. The van der Waals surface area contributed by atoms with E-state index in [-0.39, 0.29) is 17.9 Å². The molecular formula is C21H23N5O2. The van der Waals surface area contributed by atoms with Crippen molar-refractivity contribution in [3.8, 4) is 0 Å². The van der Waals surface area contributed by atoms with Crippen LogP contribution in [0, 0.1) is 0 Å². The van der Waals surface area contributed by atoms with Gasteiger partial charge in [0.2, 0.25) is 5.91 Å². The molecule has 7 nitrogen and oxygen atoms in total.